The SMILES string of the molecule is COc1cccc2onc(NCCc3ccccc3)c12. The number of benzene rings is 2. The maximum Gasteiger partial charge on any atom is 0.181 e. The highest BCUT2D eigenvalue weighted by molar-refractivity contribution is 5.93. The fraction of sp³-hybridized carbons (Fsp3) is 0.188. The van der Waals surface area contributed by atoms with Crippen LogP contribution in [0.1, 0.15) is 5.56 Å². The molecule has 0 saturated heterocycles. The Bertz CT molecular complexity index is 692. The average Bonchev–Trinajstić information content (AvgIpc) is 2.92. The Hall–Kier alpha value is -2.49. The topological polar surface area (TPSA) is 47.3 Å². The average molecular weight is 268 g/mol. The molecule has 1 heterocycles. The van der Waals surface area contributed by atoms with Gasteiger partial charge in [-0.1, -0.05) is 41.6 Å². The Kier molecular flexibility index (Phi) is 3.54. The van der Waals surface area contributed by atoms with Gasteiger partial charge < -0.3 is 14.6 Å². The van der Waals surface area contributed by atoms with Gasteiger partial charge in [-0.3, -0.25) is 0 Å². The van der Waals surface area contributed by atoms with Crippen LogP contribution in [0.2, 0.25) is 0 Å². The van der Waals surface area contributed by atoms with E-state index >= 15 is 0 Å². The van der Waals surface area contributed by atoms with Crippen molar-refractivity contribution >= 4 is 16.8 Å². The normalized spacial score (nSPS) is 10.7. The van der Waals surface area contributed by atoms with Crippen molar-refractivity contribution < 1.29 is 9.26 Å². The van der Waals surface area contributed by atoms with Gasteiger partial charge in [-0.2, -0.15) is 0 Å². The molecule has 3 rings (SSSR count). The summed E-state index contributed by atoms with van der Waals surface area (Å²) in [5, 5.41) is 8.27. The number of hydrogen-bond donors (Lipinski definition) is 1. The minimum absolute atomic E-state index is 0.728. The molecule has 0 aliphatic rings. The van der Waals surface area contributed by atoms with Crippen molar-refractivity contribution in [3.8, 4) is 5.75 Å². The van der Waals surface area contributed by atoms with Crippen LogP contribution in [0, 0.1) is 0 Å². The zero-order valence-electron chi connectivity index (χ0n) is 11.3. The minimum atomic E-state index is 0.728. The van der Waals surface area contributed by atoms with Gasteiger partial charge in [0.1, 0.15) is 11.1 Å². The molecule has 0 amide bonds. The first-order valence-corrected chi connectivity index (χ1v) is 6.58. The second-order valence-corrected chi connectivity index (χ2v) is 4.53. The van der Waals surface area contributed by atoms with Gasteiger partial charge >= 0.3 is 0 Å². The van der Waals surface area contributed by atoms with Crippen molar-refractivity contribution in [1.29, 1.82) is 0 Å². The van der Waals surface area contributed by atoms with E-state index in [4.69, 9.17) is 9.26 Å². The highest BCUT2D eigenvalue weighted by Gasteiger charge is 2.12. The number of nitrogens with zero attached hydrogens (tertiary/aromatic N) is 1. The van der Waals surface area contributed by atoms with Crippen LogP contribution in [0.15, 0.2) is 53.1 Å². The molecule has 4 heteroatoms. The van der Waals surface area contributed by atoms with E-state index in [1.165, 1.54) is 5.56 Å². The third kappa shape index (κ3) is 2.45. The Morgan fingerprint density at radius 2 is 1.95 bits per heavy atom. The van der Waals surface area contributed by atoms with E-state index < -0.39 is 0 Å². The number of nitrogens with one attached hydrogen (secondary N) is 1. The summed E-state index contributed by atoms with van der Waals surface area (Å²) in [7, 11) is 1.65. The van der Waals surface area contributed by atoms with Gasteiger partial charge in [0.15, 0.2) is 11.4 Å². The van der Waals surface area contributed by atoms with Crippen LogP contribution < -0.4 is 10.1 Å². The van der Waals surface area contributed by atoms with Crippen LogP contribution in [0.25, 0.3) is 11.0 Å². The molecule has 0 aliphatic heterocycles. The molecule has 0 radical (unpaired) electrons. The van der Waals surface area contributed by atoms with E-state index in [0.29, 0.717) is 0 Å². The summed E-state index contributed by atoms with van der Waals surface area (Å²) in [6.07, 6.45) is 0.935. The van der Waals surface area contributed by atoms with Crippen molar-refractivity contribution in [3.63, 3.8) is 0 Å². The van der Waals surface area contributed by atoms with E-state index in [2.05, 4.69) is 22.6 Å². The summed E-state index contributed by atoms with van der Waals surface area (Å²) in [4.78, 5) is 0. The standard InChI is InChI=1S/C16H16N2O2/c1-19-13-8-5-9-14-15(13)16(18-20-14)17-11-10-12-6-3-2-4-7-12/h2-9H,10-11H2,1H3,(H,17,18). The smallest absolute Gasteiger partial charge is 0.181 e. The zero-order chi connectivity index (χ0) is 13.8. The van der Waals surface area contributed by atoms with Gasteiger partial charge in [-0.05, 0) is 24.1 Å². The van der Waals surface area contributed by atoms with Gasteiger partial charge in [0.2, 0.25) is 0 Å². The molecule has 0 spiro atoms. The van der Waals surface area contributed by atoms with Crippen LogP contribution in [0.5, 0.6) is 5.75 Å². The summed E-state index contributed by atoms with van der Waals surface area (Å²) in [5.74, 6) is 1.50. The van der Waals surface area contributed by atoms with E-state index in [1.807, 2.05) is 36.4 Å². The first kappa shape index (κ1) is 12.5. The lowest BCUT2D eigenvalue weighted by Gasteiger charge is -2.05. The van der Waals surface area contributed by atoms with Gasteiger partial charge in [0.25, 0.3) is 0 Å². The monoisotopic (exact) mass is 268 g/mol. The van der Waals surface area contributed by atoms with Crippen LogP contribution in [0.4, 0.5) is 5.82 Å². The molecule has 0 fully saturated rings. The molecular formula is C16H16N2O2. The number of fused-ring (bicyclic) bond motifs is 1. The van der Waals surface area contributed by atoms with E-state index in [0.717, 1.165) is 35.5 Å². The van der Waals surface area contributed by atoms with Crippen molar-refractivity contribution in [2.75, 3.05) is 19.0 Å². The van der Waals surface area contributed by atoms with Gasteiger partial charge in [0, 0.05) is 6.54 Å². The largest absolute Gasteiger partial charge is 0.496 e. The van der Waals surface area contributed by atoms with Gasteiger partial charge in [-0.25, -0.2) is 0 Å². The molecule has 1 aromatic heterocycles. The minimum Gasteiger partial charge on any atom is -0.496 e. The molecular weight excluding hydrogens is 252 g/mol. The molecule has 102 valence electrons. The van der Waals surface area contributed by atoms with Crippen LogP contribution in [-0.4, -0.2) is 18.8 Å². The quantitative estimate of drug-likeness (QED) is 0.769. The van der Waals surface area contributed by atoms with Crippen molar-refractivity contribution in [3.05, 3.63) is 54.1 Å². The fourth-order valence-corrected chi connectivity index (χ4v) is 2.22. The van der Waals surface area contributed by atoms with Crippen LogP contribution >= 0.6 is 0 Å². The maximum atomic E-state index is 5.35. The third-order valence-corrected chi connectivity index (χ3v) is 3.23. The summed E-state index contributed by atoms with van der Waals surface area (Å²) >= 11 is 0. The molecule has 4 nitrogen and oxygen atoms in total. The molecule has 2 aromatic carbocycles. The molecule has 0 unspecified atom stereocenters. The van der Waals surface area contributed by atoms with Crippen LogP contribution in [0.3, 0.4) is 0 Å². The lowest BCUT2D eigenvalue weighted by Crippen LogP contribution is -2.05. The lowest BCUT2D eigenvalue weighted by molar-refractivity contribution is 0.419. The number of anilines is 1. The zero-order valence-corrected chi connectivity index (χ0v) is 11.3. The van der Waals surface area contributed by atoms with Gasteiger partial charge in [-0.15, -0.1) is 0 Å². The first-order valence-electron chi connectivity index (χ1n) is 6.58. The molecule has 0 saturated carbocycles. The fourth-order valence-electron chi connectivity index (χ4n) is 2.22. The molecule has 20 heavy (non-hydrogen) atoms. The number of hydrogen-bond acceptors (Lipinski definition) is 4. The number of aromatic nitrogens is 1. The number of rotatable bonds is 5. The molecule has 0 atom stereocenters. The summed E-state index contributed by atoms with van der Waals surface area (Å²) in [6.45, 7) is 0.795. The highest BCUT2D eigenvalue weighted by atomic mass is 16.5. The Morgan fingerprint density at radius 3 is 2.75 bits per heavy atom. The molecule has 1 N–H and O–H groups in total. The summed E-state index contributed by atoms with van der Waals surface area (Å²) in [5.41, 5.74) is 2.02. The molecule has 0 aliphatic carbocycles. The number of methoxy groups -OCH3 is 1. The predicted molar refractivity (Wildman–Crippen MR) is 79.2 cm³/mol. The summed E-state index contributed by atoms with van der Waals surface area (Å²) < 4.78 is 10.7. The van der Waals surface area contributed by atoms with Crippen molar-refractivity contribution in [2.24, 2.45) is 0 Å². The number of ether oxygens (including phenoxy) is 1. The second kappa shape index (κ2) is 5.65. The van der Waals surface area contributed by atoms with E-state index in [-0.39, 0.29) is 0 Å². The molecule has 3 aromatic rings. The second-order valence-electron chi connectivity index (χ2n) is 4.53. The van der Waals surface area contributed by atoms with Gasteiger partial charge in [0.05, 0.1) is 7.11 Å². The Morgan fingerprint density at radius 1 is 1.10 bits per heavy atom. The van der Waals surface area contributed by atoms with Crippen molar-refractivity contribution in [2.45, 2.75) is 6.42 Å². The predicted octanol–water partition coefficient (Wildman–Crippen LogP) is 3.49. The van der Waals surface area contributed by atoms with E-state index in [1.54, 1.807) is 7.11 Å². The van der Waals surface area contributed by atoms with E-state index in [9.17, 15) is 0 Å². The Balaban J connectivity index is 1.75. The Labute approximate surface area is 117 Å². The highest BCUT2D eigenvalue weighted by Crippen LogP contribution is 2.31. The first-order chi connectivity index (χ1) is 9.88. The summed E-state index contributed by atoms with van der Waals surface area (Å²) in [6, 6.07) is 16.0. The molecule has 0 bridgehead atoms. The lowest BCUT2D eigenvalue weighted by atomic mass is 10.1. The maximum absolute atomic E-state index is 5.35. The third-order valence-electron chi connectivity index (χ3n) is 3.23. The van der Waals surface area contributed by atoms with Crippen molar-refractivity contribution in [1.82, 2.24) is 5.16 Å². The van der Waals surface area contributed by atoms with Crippen LogP contribution in [-0.2, 0) is 6.42 Å².